The molecule has 2 amide bonds. The molecule has 6 nitrogen and oxygen atoms in total. The average Bonchev–Trinajstić information content (AvgIpc) is 2.30. The van der Waals surface area contributed by atoms with Crippen LogP contribution < -0.4 is 22.1 Å². The van der Waals surface area contributed by atoms with Crippen molar-refractivity contribution in [2.75, 3.05) is 5.01 Å². The Kier molecular flexibility index (Phi) is 4.19. The molecular weight excluding hydrogens is 283 g/mol. The van der Waals surface area contributed by atoms with Crippen molar-refractivity contribution in [2.24, 2.45) is 11.7 Å². The zero-order valence-corrected chi connectivity index (χ0v) is 9.66. The van der Waals surface area contributed by atoms with E-state index in [1.807, 2.05) is 5.43 Å². The second kappa shape index (κ2) is 5.21. The zero-order chi connectivity index (χ0) is 12.3. The molecule has 0 aliphatic carbocycles. The summed E-state index contributed by atoms with van der Waals surface area (Å²) in [7, 11) is 0. The quantitative estimate of drug-likeness (QED) is 0.358. The lowest BCUT2D eigenvalue weighted by atomic mass is 10.2. The molecule has 0 fully saturated rings. The Morgan fingerprint density at radius 2 is 2.25 bits per heavy atom. The van der Waals surface area contributed by atoms with Crippen molar-refractivity contribution in [2.45, 2.75) is 6.61 Å². The predicted molar refractivity (Wildman–Crippen MR) is 59.4 cm³/mol. The predicted octanol–water partition coefficient (Wildman–Crippen LogP) is 0.344. The monoisotopic (exact) mass is 292 g/mol. The van der Waals surface area contributed by atoms with E-state index in [0.717, 1.165) is 6.07 Å². The molecule has 16 heavy (non-hydrogen) atoms. The fraction of sp³-hybridized carbons (Fsp3) is 0.125. The SMILES string of the molecule is NNC(=O)N(N)c1ccc(F)c(Br)c1CO. The highest BCUT2D eigenvalue weighted by Gasteiger charge is 2.18. The molecule has 8 heteroatoms. The summed E-state index contributed by atoms with van der Waals surface area (Å²) in [5, 5.41) is 9.76. The molecule has 88 valence electrons. The summed E-state index contributed by atoms with van der Waals surface area (Å²) in [4.78, 5) is 11.2. The van der Waals surface area contributed by atoms with E-state index in [2.05, 4.69) is 15.9 Å². The number of aliphatic hydroxyl groups excluding tert-OH is 1. The number of hydrogen-bond acceptors (Lipinski definition) is 4. The molecular formula is C8H10BrFN4O2. The molecule has 0 spiro atoms. The largest absolute Gasteiger partial charge is 0.392 e. The van der Waals surface area contributed by atoms with Gasteiger partial charge in [0, 0.05) is 5.56 Å². The molecule has 0 unspecified atom stereocenters. The normalized spacial score (nSPS) is 10.1. The first kappa shape index (κ1) is 12.8. The van der Waals surface area contributed by atoms with Gasteiger partial charge in [0.1, 0.15) is 5.82 Å². The van der Waals surface area contributed by atoms with Gasteiger partial charge in [-0.3, -0.25) is 5.43 Å². The number of rotatable bonds is 2. The number of aliphatic hydroxyl groups is 1. The molecule has 0 saturated heterocycles. The van der Waals surface area contributed by atoms with Crippen molar-refractivity contribution >= 4 is 27.6 Å². The minimum absolute atomic E-state index is 0.0489. The molecule has 6 N–H and O–H groups in total. The van der Waals surface area contributed by atoms with Gasteiger partial charge in [-0.05, 0) is 28.1 Å². The van der Waals surface area contributed by atoms with Crippen LogP contribution in [0.25, 0.3) is 0 Å². The molecule has 0 radical (unpaired) electrons. The Balaban J connectivity index is 3.23. The van der Waals surface area contributed by atoms with Gasteiger partial charge in [0.05, 0.1) is 16.8 Å². The number of amides is 2. The maximum absolute atomic E-state index is 13.2. The number of nitrogens with two attached hydrogens (primary N) is 2. The number of carbonyl (C=O) groups is 1. The van der Waals surface area contributed by atoms with Gasteiger partial charge in [-0.2, -0.15) is 0 Å². The maximum Gasteiger partial charge on any atom is 0.350 e. The fourth-order valence-electron chi connectivity index (χ4n) is 1.14. The van der Waals surface area contributed by atoms with Crippen LogP contribution in [0.5, 0.6) is 0 Å². The van der Waals surface area contributed by atoms with E-state index in [9.17, 15) is 9.18 Å². The van der Waals surface area contributed by atoms with Gasteiger partial charge in [-0.25, -0.2) is 25.9 Å². The molecule has 0 bridgehead atoms. The molecule has 0 atom stereocenters. The third kappa shape index (κ3) is 2.30. The average molecular weight is 293 g/mol. The van der Waals surface area contributed by atoms with Crippen molar-refractivity contribution in [3.63, 3.8) is 0 Å². The smallest absolute Gasteiger partial charge is 0.350 e. The Hall–Kier alpha value is -1.22. The Morgan fingerprint density at radius 1 is 1.62 bits per heavy atom. The number of hydrazine groups is 2. The summed E-state index contributed by atoms with van der Waals surface area (Å²) in [5.41, 5.74) is 2.13. The van der Waals surface area contributed by atoms with E-state index in [4.69, 9.17) is 16.8 Å². The van der Waals surface area contributed by atoms with Crippen LogP contribution in [0.2, 0.25) is 0 Å². The molecule has 0 heterocycles. The van der Waals surface area contributed by atoms with Gasteiger partial charge in [0.2, 0.25) is 0 Å². The van der Waals surface area contributed by atoms with Crippen LogP contribution in [0.3, 0.4) is 0 Å². The third-order valence-corrected chi connectivity index (χ3v) is 2.79. The van der Waals surface area contributed by atoms with Crippen molar-refractivity contribution < 1.29 is 14.3 Å². The van der Waals surface area contributed by atoms with Gasteiger partial charge in [-0.1, -0.05) is 0 Å². The third-order valence-electron chi connectivity index (χ3n) is 1.93. The number of benzene rings is 1. The number of urea groups is 1. The minimum atomic E-state index is -0.784. The fourth-order valence-corrected chi connectivity index (χ4v) is 1.60. The van der Waals surface area contributed by atoms with Crippen LogP contribution >= 0.6 is 15.9 Å². The number of hydrogen-bond donors (Lipinski definition) is 4. The highest BCUT2D eigenvalue weighted by Crippen LogP contribution is 2.29. The van der Waals surface area contributed by atoms with Gasteiger partial charge in [-0.15, -0.1) is 0 Å². The number of nitrogens with zero attached hydrogens (tertiary/aromatic N) is 1. The molecule has 1 rings (SSSR count). The van der Waals surface area contributed by atoms with Crippen LogP contribution in [0.4, 0.5) is 14.9 Å². The van der Waals surface area contributed by atoms with Crippen molar-refractivity contribution in [1.82, 2.24) is 5.43 Å². The number of anilines is 1. The first-order valence-electron chi connectivity index (χ1n) is 4.16. The second-order valence-corrected chi connectivity index (χ2v) is 3.63. The van der Waals surface area contributed by atoms with Crippen LogP contribution in [0.15, 0.2) is 16.6 Å². The van der Waals surface area contributed by atoms with Gasteiger partial charge in [0.15, 0.2) is 0 Å². The maximum atomic E-state index is 13.2. The van der Waals surface area contributed by atoms with Crippen LogP contribution in [0.1, 0.15) is 5.56 Å². The Bertz CT molecular complexity index is 415. The summed E-state index contributed by atoms with van der Waals surface area (Å²) < 4.78 is 13.2. The molecule has 0 saturated carbocycles. The number of halogens is 2. The summed E-state index contributed by atoms with van der Waals surface area (Å²) in [6.07, 6.45) is 0. The molecule has 1 aromatic carbocycles. The molecule has 0 aromatic heterocycles. The first-order valence-corrected chi connectivity index (χ1v) is 4.95. The Morgan fingerprint density at radius 3 is 2.75 bits per heavy atom. The van der Waals surface area contributed by atoms with E-state index < -0.39 is 18.5 Å². The zero-order valence-electron chi connectivity index (χ0n) is 8.08. The van der Waals surface area contributed by atoms with Crippen LogP contribution in [-0.4, -0.2) is 11.1 Å². The lowest BCUT2D eigenvalue weighted by Gasteiger charge is -2.19. The van der Waals surface area contributed by atoms with Crippen molar-refractivity contribution in [1.29, 1.82) is 0 Å². The number of nitrogens with one attached hydrogen (secondary N) is 1. The summed E-state index contributed by atoms with van der Waals surface area (Å²) in [5.74, 6) is 9.77. The molecule has 0 aliphatic heterocycles. The van der Waals surface area contributed by atoms with E-state index in [1.165, 1.54) is 6.07 Å². The van der Waals surface area contributed by atoms with Crippen LogP contribution in [-0.2, 0) is 6.61 Å². The molecule has 1 aromatic rings. The van der Waals surface area contributed by atoms with Gasteiger partial charge < -0.3 is 5.11 Å². The van der Waals surface area contributed by atoms with Crippen LogP contribution in [0, 0.1) is 5.82 Å². The summed E-state index contributed by atoms with van der Waals surface area (Å²) >= 11 is 2.95. The highest BCUT2D eigenvalue weighted by molar-refractivity contribution is 9.10. The summed E-state index contributed by atoms with van der Waals surface area (Å²) in [6.45, 7) is -0.473. The van der Waals surface area contributed by atoms with E-state index in [-0.39, 0.29) is 15.7 Å². The minimum Gasteiger partial charge on any atom is -0.392 e. The molecule has 0 aliphatic rings. The number of carbonyl (C=O) groups excluding carboxylic acids is 1. The lowest BCUT2D eigenvalue weighted by Crippen LogP contribution is -2.48. The van der Waals surface area contributed by atoms with E-state index >= 15 is 0 Å². The lowest BCUT2D eigenvalue weighted by molar-refractivity contribution is 0.246. The van der Waals surface area contributed by atoms with E-state index in [1.54, 1.807) is 0 Å². The highest BCUT2D eigenvalue weighted by atomic mass is 79.9. The second-order valence-electron chi connectivity index (χ2n) is 2.84. The van der Waals surface area contributed by atoms with Gasteiger partial charge >= 0.3 is 6.03 Å². The van der Waals surface area contributed by atoms with Crippen molar-refractivity contribution in [3.8, 4) is 0 Å². The Labute approximate surface area is 99.1 Å². The summed E-state index contributed by atoms with van der Waals surface area (Å²) in [6, 6.07) is 1.59. The topological polar surface area (TPSA) is 105 Å². The standard InChI is InChI=1S/C8H10BrFN4O2/c9-7-4(3-15)6(2-1-5(7)10)14(12)8(16)13-11/h1-2,15H,3,11-12H2,(H,13,16). The van der Waals surface area contributed by atoms with Gasteiger partial charge in [0.25, 0.3) is 0 Å². The van der Waals surface area contributed by atoms with E-state index in [0.29, 0.717) is 5.01 Å². The first-order chi connectivity index (χ1) is 7.52. The van der Waals surface area contributed by atoms with Crippen molar-refractivity contribution in [3.05, 3.63) is 28.0 Å².